The lowest BCUT2D eigenvalue weighted by Crippen LogP contribution is -2.26. The molecule has 0 saturated carbocycles. The molecule has 1 heterocycles. The number of rotatable bonds is 10. The first kappa shape index (κ1) is 20.8. The van der Waals surface area contributed by atoms with E-state index < -0.39 is 0 Å². The van der Waals surface area contributed by atoms with E-state index in [-0.39, 0.29) is 6.61 Å². The van der Waals surface area contributed by atoms with Crippen LogP contribution in [0.2, 0.25) is 0 Å². The molecule has 8 heteroatoms. The summed E-state index contributed by atoms with van der Waals surface area (Å²) in [6.07, 6.45) is 0. The van der Waals surface area contributed by atoms with Crippen LogP contribution in [0.3, 0.4) is 0 Å². The Bertz CT molecular complexity index is 908. The van der Waals surface area contributed by atoms with E-state index in [1.54, 1.807) is 11.8 Å². The summed E-state index contributed by atoms with van der Waals surface area (Å²) in [4.78, 5) is 2.15. The first-order chi connectivity index (χ1) is 14.1. The zero-order chi connectivity index (χ0) is 20.6. The molecule has 0 aliphatic rings. The van der Waals surface area contributed by atoms with Crippen LogP contribution in [-0.4, -0.2) is 59.4 Å². The Morgan fingerprint density at radius 2 is 1.86 bits per heavy atom. The molecule has 154 valence electrons. The van der Waals surface area contributed by atoms with Crippen LogP contribution < -0.4 is 14.8 Å². The maximum absolute atomic E-state index is 5.95. The van der Waals surface area contributed by atoms with Gasteiger partial charge in [0.25, 0.3) is 0 Å². The molecule has 0 unspecified atom stereocenters. The molecule has 0 saturated heterocycles. The molecule has 3 rings (SSSR count). The Morgan fingerprint density at radius 3 is 2.59 bits per heavy atom. The van der Waals surface area contributed by atoms with Crippen LogP contribution in [0.25, 0.3) is 5.69 Å². The third-order valence-corrected chi connectivity index (χ3v) is 4.46. The summed E-state index contributed by atoms with van der Waals surface area (Å²) >= 11 is 0. The molecule has 3 aromatic rings. The van der Waals surface area contributed by atoms with Crippen LogP contribution in [0.15, 0.2) is 42.5 Å². The molecule has 29 heavy (non-hydrogen) atoms. The van der Waals surface area contributed by atoms with Gasteiger partial charge in [-0.15, -0.1) is 5.10 Å². The van der Waals surface area contributed by atoms with E-state index in [1.165, 1.54) is 5.56 Å². The van der Waals surface area contributed by atoms with Crippen LogP contribution in [0, 0.1) is 6.92 Å². The fraction of sp³-hybridized carbons (Fsp3) is 0.381. The Balaban J connectivity index is 1.64. The summed E-state index contributed by atoms with van der Waals surface area (Å²) in [6, 6.07) is 13.9. The molecule has 1 aromatic heterocycles. The number of tetrazole rings is 1. The average Bonchev–Trinajstić information content (AvgIpc) is 3.19. The number of hydrogen-bond donors (Lipinski definition) is 1. The number of likely N-dealkylation sites (N-methyl/N-ethyl adjacent to an activating group) is 1. The molecule has 0 atom stereocenters. The van der Waals surface area contributed by atoms with Crippen LogP contribution in [0.1, 0.15) is 17.0 Å². The van der Waals surface area contributed by atoms with Crippen molar-refractivity contribution in [2.75, 3.05) is 34.3 Å². The Hall–Kier alpha value is -2.97. The smallest absolute Gasteiger partial charge is 0.194 e. The summed E-state index contributed by atoms with van der Waals surface area (Å²) in [5.41, 5.74) is 3.21. The van der Waals surface area contributed by atoms with Crippen molar-refractivity contribution in [1.29, 1.82) is 0 Å². The van der Waals surface area contributed by atoms with E-state index in [9.17, 15) is 0 Å². The first-order valence-electron chi connectivity index (χ1n) is 9.56. The van der Waals surface area contributed by atoms with Gasteiger partial charge in [0.2, 0.25) is 0 Å². The maximum atomic E-state index is 5.95. The molecular formula is C21H28N6O2. The van der Waals surface area contributed by atoms with Gasteiger partial charge in [-0.2, -0.15) is 4.68 Å². The standard InChI is InChI=1S/C21H28N6O2/c1-16-5-8-18(9-6-16)27-21(23-24-25-27)15-29-19-10-7-17(13-20(19)28-4)14-22-11-12-26(2)3/h5-10,13,22H,11-12,14-15H2,1-4H3. The number of ether oxygens (including phenoxy) is 2. The first-order valence-corrected chi connectivity index (χ1v) is 9.56. The highest BCUT2D eigenvalue weighted by Gasteiger charge is 2.12. The van der Waals surface area contributed by atoms with Crippen LogP contribution in [0.4, 0.5) is 0 Å². The highest BCUT2D eigenvalue weighted by Crippen LogP contribution is 2.28. The quantitative estimate of drug-likeness (QED) is 0.527. The number of aromatic nitrogens is 4. The molecule has 1 N–H and O–H groups in total. The minimum absolute atomic E-state index is 0.234. The molecule has 8 nitrogen and oxygen atoms in total. The molecule has 0 amide bonds. The van der Waals surface area contributed by atoms with Crippen LogP contribution >= 0.6 is 0 Å². The largest absolute Gasteiger partial charge is 0.493 e. The fourth-order valence-electron chi connectivity index (χ4n) is 2.80. The van der Waals surface area contributed by atoms with E-state index in [1.807, 2.05) is 49.4 Å². The molecule has 0 aliphatic carbocycles. The Morgan fingerprint density at radius 1 is 1.07 bits per heavy atom. The van der Waals surface area contributed by atoms with Crippen molar-refractivity contribution in [3.63, 3.8) is 0 Å². The van der Waals surface area contributed by atoms with Crippen molar-refractivity contribution in [1.82, 2.24) is 30.4 Å². The summed E-state index contributed by atoms with van der Waals surface area (Å²) in [5, 5.41) is 15.4. The van der Waals surface area contributed by atoms with E-state index in [4.69, 9.17) is 9.47 Å². The average molecular weight is 396 g/mol. The summed E-state index contributed by atoms with van der Waals surface area (Å²) in [7, 11) is 5.76. The van der Waals surface area contributed by atoms with Crippen LogP contribution in [0.5, 0.6) is 11.5 Å². The third-order valence-electron chi connectivity index (χ3n) is 4.46. The topological polar surface area (TPSA) is 77.3 Å². The SMILES string of the molecule is COc1cc(CNCCN(C)C)ccc1OCc1nnnn1-c1ccc(C)cc1. The summed E-state index contributed by atoms with van der Waals surface area (Å²) in [6.45, 7) is 4.97. The molecule has 0 aliphatic heterocycles. The lowest BCUT2D eigenvalue weighted by molar-refractivity contribution is 0.273. The molecule has 0 spiro atoms. The van der Waals surface area contributed by atoms with Crippen molar-refractivity contribution in [2.24, 2.45) is 0 Å². The molecule has 2 aromatic carbocycles. The monoisotopic (exact) mass is 396 g/mol. The Labute approximate surface area is 171 Å². The van der Waals surface area contributed by atoms with E-state index >= 15 is 0 Å². The van der Waals surface area contributed by atoms with Gasteiger partial charge in [-0.3, -0.25) is 0 Å². The van der Waals surface area contributed by atoms with E-state index in [0.29, 0.717) is 17.3 Å². The highest BCUT2D eigenvalue weighted by molar-refractivity contribution is 5.43. The fourth-order valence-corrected chi connectivity index (χ4v) is 2.80. The molecule has 0 bridgehead atoms. The number of nitrogens with one attached hydrogen (secondary N) is 1. The third kappa shape index (κ3) is 5.75. The van der Waals surface area contributed by atoms with E-state index in [2.05, 4.69) is 39.8 Å². The van der Waals surface area contributed by atoms with Crippen LogP contribution in [-0.2, 0) is 13.2 Å². The van der Waals surface area contributed by atoms with Gasteiger partial charge in [-0.05, 0) is 61.3 Å². The van der Waals surface area contributed by atoms with Gasteiger partial charge in [0.1, 0.15) is 0 Å². The van der Waals surface area contributed by atoms with Gasteiger partial charge in [-0.1, -0.05) is 23.8 Å². The minimum atomic E-state index is 0.234. The highest BCUT2D eigenvalue weighted by atomic mass is 16.5. The molecule has 0 radical (unpaired) electrons. The van der Waals surface area contributed by atoms with Gasteiger partial charge in [-0.25, -0.2) is 0 Å². The Kier molecular flexibility index (Phi) is 7.15. The van der Waals surface area contributed by atoms with Gasteiger partial charge in [0.05, 0.1) is 12.8 Å². The van der Waals surface area contributed by atoms with Gasteiger partial charge in [0.15, 0.2) is 23.9 Å². The number of benzene rings is 2. The normalized spacial score (nSPS) is 11.1. The minimum Gasteiger partial charge on any atom is -0.493 e. The number of methoxy groups -OCH3 is 1. The van der Waals surface area contributed by atoms with Gasteiger partial charge in [0, 0.05) is 19.6 Å². The van der Waals surface area contributed by atoms with Crippen molar-refractivity contribution < 1.29 is 9.47 Å². The zero-order valence-electron chi connectivity index (χ0n) is 17.4. The predicted molar refractivity (Wildman–Crippen MR) is 111 cm³/mol. The molecular weight excluding hydrogens is 368 g/mol. The maximum Gasteiger partial charge on any atom is 0.194 e. The second-order valence-corrected chi connectivity index (χ2v) is 7.10. The van der Waals surface area contributed by atoms with E-state index in [0.717, 1.165) is 30.9 Å². The second-order valence-electron chi connectivity index (χ2n) is 7.10. The predicted octanol–water partition coefficient (Wildman–Crippen LogP) is 2.21. The van der Waals surface area contributed by atoms with Crippen molar-refractivity contribution in [3.8, 4) is 17.2 Å². The lowest BCUT2D eigenvalue weighted by atomic mass is 10.2. The summed E-state index contributed by atoms with van der Waals surface area (Å²) in [5.74, 6) is 1.96. The second kappa shape index (κ2) is 9.99. The van der Waals surface area contributed by atoms with Crippen molar-refractivity contribution >= 4 is 0 Å². The summed E-state index contributed by atoms with van der Waals surface area (Å²) < 4.78 is 13.1. The van der Waals surface area contributed by atoms with Crippen molar-refractivity contribution in [2.45, 2.75) is 20.1 Å². The van der Waals surface area contributed by atoms with Gasteiger partial charge < -0.3 is 19.7 Å². The molecule has 0 fully saturated rings. The number of hydrogen-bond acceptors (Lipinski definition) is 7. The van der Waals surface area contributed by atoms with Crippen molar-refractivity contribution in [3.05, 3.63) is 59.4 Å². The van der Waals surface area contributed by atoms with Gasteiger partial charge >= 0.3 is 0 Å². The number of nitrogens with zero attached hydrogens (tertiary/aromatic N) is 5. The number of aryl methyl sites for hydroxylation is 1. The lowest BCUT2D eigenvalue weighted by Gasteiger charge is -2.13. The zero-order valence-corrected chi connectivity index (χ0v) is 17.4.